The van der Waals surface area contributed by atoms with Crippen molar-refractivity contribution in [2.45, 2.75) is 12.6 Å². The molecule has 0 radical (unpaired) electrons. The van der Waals surface area contributed by atoms with Crippen LogP contribution in [-0.4, -0.2) is 44.2 Å². The molecule has 28 heavy (non-hydrogen) atoms. The van der Waals surface area contributed by atoms with Gasteiger partial charge >= 0.3 is 0 Å². The Morgan fingerprint density at radius 3 is 2.71 bits per heavy atom. The molecule has 1 aromatic carbocycles. The van der Waals surface area contributed by atoms with Crippen LogP contribution in [0.15, 0.2) is 73.1 Å². The summed E-state index contributed by atoms with van der Waals surface area (Å²) in [6.07, 6.45) is 3.73. The molecule has 140 valence electrons. The number of hydrogen-bond donors (Lipinski definition) is 0. The van der Waals surface area contributed by atoms with Crippen molar-refractivity contribution in [3.8, 4) is 11.1 Å². The molecule has 0 saturated carbocycles. The molecule has 0 amide bonds. The molecule has 5 rings (SSSR count). The maximum Gasteiger partial charge on any atom is 0.181 e. The summed E-state index contributed by atoms with van der Waals surface area (Å²) in [7, 11) is 0. The van der Waals surface area contributed by atoms with Crippen LogP contribution in [0.2, 0.25) is 0 Å². The van der Waals surface area contributed by atoms with Gasteiger partial charge in [-0.25, -0.2) is 9.50 Å². The number of aromatic nitrogens is 4. The normalized spacial score (nSPS) is 17.8. The minimum Gasteiger partial charge on any atom is -0.367 e. The SMILES string of the molecule is c1ccc(-c2ccc3nc([C@@H]4CN(Cc5ccccn5)CCO4)nn3c2)cc1. The Bertz CT molecular complexity index is 1060. The van der Waals surface area contributed by atoms with Gasteiger partial charge in [0, 0.05) is 37.6 Å². The van der Waals surface area contributed by atoms with Crippen LogP contribution in [0.4, 0.5) is 0 Å². The van der Waals surface area contributed by atoms with E-state index in [0.717, 1.165) is 47.9 Å². The van der Waals surface area contributed by atoms with Gasteiger partial charge in [0.1, 0.15) is 6.10 Å². The van der Waals surface area contributed by atoms with Gasteiger partial charge < -0.3 is 4.74 Å². The second kappa shape index (κ2) is 7.50. The highest BCUT2D eigenvalue weighted by Gasteiger charge is 2.25. The number of fused-ring (bicyclic) bond motifs is 1. The van der Waals surface area contributed by atoms with Gasteiger partial charge in [-0.15, -0.1) is 5.10 Å². The molecule has 1 saturated heterocycles. The first-order valence-corrected chi connectivity index (χ1v) is 9.51. The minimum absolute atomic E-state index is 0.127. The second-order valence-corrected chi connectivity index (χ2v) is 6.97. The fraction of sp³-hybridized carbons (Fsp3) is 0.227. The van der Waals surface area contributed by atoms with Gasteiger partial charge in [0.05, 0.1) is 12.3 Å². The van der Waals surface area contributed by atoms with E-state index in [1.54, 1.807) is 0 Å². The molecule has 0 spiro atoms. The molecule has 1 fully saturated rings. The summed E-state index contributed by atoms with van der Waals surface area (Å²) in [5, 5.41) is 4.70. The van der Waals surface area contributed by atoms with E-state index in [2.05, 4.69) is 34.1 Å². The molecule has 0 bridgehead atoms. The number of nitrogens with zero attached hydrogens (tertiary/aromatic N) is 5. The molecule has 6 nitrogen and oxygen atoms in total. The summed E-state index contributed by atoms with van der Waals surface area (Å²) < 4.78 is 7.82. The third-order valence-electron chi connectivity index (χ3n) is 5.00. The van der Waals surface area contributed by atoms with Crippen LogP contribution in [-0.2, 0) is 11.3 Å². The third kappa shape index (κ3) is 3.52. The lowest BCUT2D eigenvalue weighted by Gasteiger charge is -2.31. The smallest absolute Gasteiger partial charge is 0.181 e. The molecule has 4 heterocycles. The molecule has 4 aromatic rings. The molecule has 0 unspecified atom stereocenters. The fourth-order valence-corrected chi connectivity index (χ4v) is 3.56. The number of benzene rings is 1. The van der Waals surface area contributed by atoms with Gasteiger partial charge in [0.15, 0.2) is 11.5 Å². The van der Waals surface area contributed by atoms with E-state index in [1.807, 2.05) is 53.3 Å². The quantitative estimate of drug-likeness (QED) is 0.551. The topological polar surface area (TPSA) is 55.5 Å². The van der Waals surface area contributed by atoms with E-state index in [-0.39, 0.29) is 6.10 Å². The lowest BCUT2D eigenvalue weighted by molar-refractivity contribution is -0.0374. The molecule has 6 heteroatoms. The maximum atomic E-state index is 5.98. The fourth-order valence-electron chi connectivity index (χ4n) is 3.56. The number of rotatable bonds is 4. The Morgan fingerprint density at radius 2 is 1.86 bits per heavy atom. The van der Waals surface area contributed by atoms with E-state index in [9.17, 15) is 0 Å². The minimum atomic E-state index is -0.127. The van der Waals surface area contributed by atoms with Crippen molar-refractivity contribution in [1.82, 2.24) is 24.5 Å². The van der Waals surface area contributed by atoms with E-state index >= 15 is 0 Å². The van der Waals surface area contributed by atoms with Gasteiger partial charge in [-0.1, -0.05) is 36.4 Å². The largest absolute Gasteiger partial charge is 0.367 e. The maximum absolute atomic E-state index is 5.98. The van der Waals surface area contributed by atoms with Crippen molar-refractivity contribution in [2.24, 2.45) is 0 Å². The Morgan fingerprint density at radius 1 is 0.964 bits per heavy atom. The predicted octanol–water partition coefficient (Wildman–Crippen LogP) is 3.36. The van der Waals surface area contributed by atoms with Crippen molar-refractivity contribution < 1.29 is 4.74 Å². The van der Waals surface area contributed by atoms with Gasteiger partial charge in [0.25, 0.3) is 0 Å². The lowest BCUT2D eigenvalue weighted by Crippen LogP contribution is -2.38. The molecule has 1 aliphatic heterocycles. The van der Waals surface area contributed by atoms with Crippen molar-refractivity contribution >= 4 is 5.65 Å². The van der Waals surface area contributed by atoms with Crippen molar-refractivity contribution in [2.75, 3.05) is 19.7 Å². The molecule has 0 N–H and O–H groups in total. The van der Waals surface area contributed by atoms with E-state index < -0.39 is 0 Å². The summed E-state index contributed by atoms with van der Waals surface area (Å²) in [5.41, 5.74) is 4.18. The summed E-state index contributed by atoms with van der Waals surface area (Å²) >= 11 is 0. The highest BCUT2D eigenvalue weighted by Crippen LogP contribution is 2.23. The molecule has 0 aliphatic carbocycles. The zero-order chi connectivity index (χ0) is 18.8. The Labute approximate surface area is 163 Å². The van der Waals surface area contributed by atoms with E-state index in [4.69, 9.17) is 14.8 Å². The average Bonchev–Trinajstić information content (AvgIpc) is 3.19. The van der Waals surface area contributed by atoms with Crippen LogP contribution in [0.5, 0.6) is 0 Å². The molecule has 1 aliphatic rings. The highest BCUT2D eigenvalue weighted by molar-refractivity contribution is 5.64. The predicted molar refractivity (Wildman–Crippen MR) is 107 cm³/mol. The van der Waals surface area contributed by atoms with E-state index in [1.165, 1.54) is 0 Å². The molecular weight excluding hydrogens is 350 g/mol. The first-order chi connectivity index (χ1) is 13.8. The number of pyridine rings is 2. The summed E-state index contributed by atoms with van der Waals surface area (Å²) in [6.45, 7) is 3.13. The first-order valence-electron chi connectivity index (χ1n) is 9.51. The molecular formula is C22H21N5O. The van der Waals surface area contributed by atoms with Crippen LogP contribution in [0.3, 0.4) is 0 Å². The van der Waals surface area contributed by atoms with Crippen LogP contribution in [0.25, 0.3) is 16.8 Å². The van der Waals surface area contributed by atoms with Gasteiger partial charge in [0.2, 0.25) is 0 Å². The molecule has 3 aromatic heterocycles. The molecule has 1 atom stereocenters. The average molecular weight is 371 g/mol. The second-order valence-electron chi connectivity index (χ2n) is 6.97. The van der Waals surface area contributed by atoms with Crippen LogP contribution >= 0.6 is 0 Å². The summed E-state index contributed by atoms with van der Waals surface area (Å²) in [6, 6.07) is 20.4. The zero-order valence-corrected chi connectivity index (χ0v) is 15.5. The van der Waals surface area contributed by atoms with Crippen LogP contribution in [0, 0.1) is 0 Å². The van der Waals surface area contributed by atoms with Crippen molar-refractivity contribution in [1.29, 1.82) is 0 Å². The van der Waals surface area contributed by atoms with Crippen LogP contribution in [0.1, 0.15) is 17.6 Å². The standard InChI is InChI=1S/C22H21N5O/c1-2-6-17(7-3-1)18-9-10-21-24-22(25-27(21)14-18)20-16-26(12-13-28-20)15-19-8-4-5-11-23-19/h1-11,14,20H,12-13,15-16H2/t20-/m0/s1. The number of ether oxygens (including phenoxy) is 1. The Hall–Kier alpha value is -3.09. The van der Waals surface area contributed by atoms with Gasteiger partial charge in [-0.05, 0) is 29.8 Å². The van der Waals surface area contributed by atoms with Crippen LogP contribution < -0.4 is 0 Å². The first kappa shape index (κ1) is 17.0. The van der Waals surface area contributed by atoms with Gasteiger partial charge in [-0.3, -0.25) is 9.88 Å². The van der Waals surface area contributed by atoms with Gasteiger partial charge in [-0.2, -0.15) is 0 Å². The Kier molecular flexibility index (Phi) is 4.56. The summed E-state index contributed by atoms with van der Waals surface area (Å²) in [4.78, 5) is 11.5. The monoisotopic (exact) mass is 371 g/mol. The van der Waals surface area contributed by atoms with E-state index in [0.29, 0.717) is 6.61 Å². The zero-order valence-electron chi connectivity index (χ0n) is 15.5. The summed E-state index contributed by atoms with van der Waals surface area (Å²) in [5.74, 6) is 0.732. The lowest BCUT2D eigenvalue weighted by atomic mass is 10.1. The number of morpholine rings is 1. The highest BCUT2D eigenvalue weighted by atomic mass is 16.5. The van der Waals surface area contributed by atoms with Crippen molar-refractivity contribution in [3.05, 3.63) is 84.6 Å². The Balaban J connectivity index is 1.36. The number of hydrogen-bond acceptors (Lipinski definition) is 5. The van der Waals surface area contributed by atoms with Crippen molar-refractivity contribution in [3.63, 3.8) is 0 Å². The third-order valence-corrected chi connectivity index (χ3v) is 5.00.